The Morgan fingerprint density at radius 2 is 1.95 bits per heavy atom. The normalized spacial score (nSPS) is 12.3. The van der Waals surface area contributed by atoms with Gasteiger partial charge in [0.2, 0.25) is 0 Å². The van der Waals surface area contributed by atoms with Crippen LogP contribution in [0.1, 0.15) is 39.3 Å². The average Bonchev–Trinajstić information content (AvgIpc) is 2.41. The monoisotopic (exact) mass is 290 g/mol. The number of carbonyl (C=O) groups is 1. The fraction of sp³-hybridized carbons (Fsp3) is 0.500. The lowest BCUT2D eigenvalue weighted by Crippen LogP contribution is -2.32. The molecule has 114 valence electrons. The average molecular weight is 290 g/mol. The van der Waals surface area contributed by atoms with Crippen LogP contribution in [0, 0.1) is 11.3 Å². The van der Waals surface area contributed by atoms with Gasteiger partial charge in [-0.25, -0.2) is 0 Å². The summed E-state index contributed by atoms with van der Waals surface area (Å²) in [7, 11) is 0. The summed E-state index contributed by atoms with van der Waals surface area (Å²) in [6.07, 6.45) is 0. The molecular formula is C16H22N2O3. The number of nitrogens with zero attached hydrogens (tertiary/aromatic N) is 1. The SMILES string of the molecule is CC(NCC(=O)OC(C)(C)C)c1ccc(OCC#N)cc1. The highest BCUT2D eigenvalue weighted by atomic mass is 16.6. The molecule has 0 fully saturated rings. The van der Waals surface area contributed by atoms with E-state index < -0.39 is 5.60 Å². The van der Waals surface area contributed by atoms with E-state index in [4.69, 9.17) is 14.7 Å². The summed E-state index contributed by atoms with van der Waals surface area (Å²) >= 11 is 0. The van der Waals surface area contributed by atoms with E-state index in [1.807, 2.05) is 45.9 Å². The van der Waals surface area contributed by atoms with E-state index in [0.29, 0.717) is 5.75 Å². The smallest absolute Gasteiger partial charge is 0.320 e. The van der Waals surface area contributed by atoms with Crippen LogP contribution in [0.2, 0.25) is 0 Å². The highest BCUT2D eigenvalue weighted by Gasteiger charge is 2.16. The summed E-state index contributed by atoms with van der Waals surface area (Å²) in [5.41, 5.74) is 0.560. The number of rotatable bonds is 6. The first-order valence-electron chi connectivity index (χ1n) is 6.87. The van der Waals surface area contributed by atoms with Crippen molar-refractivity contribution in [2.75, 3.05) is 13.2 Å². The van der Waals surface area contributed by atoms with Crippen LogP contribution in [-0.2, 0) is 9.53 Å². The van der Waals surface area contributed by atoms with Gasteiger partial charge in [-0.05, 0) is 45.4 Å². The number of hydrogen-bond donors (Lipinski definition) is 1. The molecule has 5 heteroatoms. The minimum atomic E-state index is -0.471. The van der Waals surface area contributed by atoms with Crippen molar-refractivity contribution in [3.05, 3.63) is 29.8 Å². The number of benzene rings is 1. The number of carbonyl (C=O) groups excluding carboxylic acids is 1. The Bertz CT molecular complexity index is 498. The fourth-order valence-electron chi connectivity index (χ4n) is 1.70. The molecule has 0 amide bonds. The van der Waals surface area contributed by atoms with Gasteiger partial charge in [0.15, 0.2) is 6.61 Å². The molecule has 0 aliphatic carbocycles. The first-order valence-corrected chi connectivity index (χ1v) is 6.87. The Balaban J connectivity index is 2.47. The summed E-state index contributed by atoms with van der Waals surface area (Å²) in [4.78, 5) is 11.6. The van der Waals surface area contributed by atoms with Crippen molar-refractivity contribution in [1.82, 2.24) is 5.32 Å². The van der Waals surface area contributed by atoms with Crippen LogP contribution in [0.4, 0.5) is 0 Å². The van der Waals surface area contributed by atoms with E-state index in [9.17, 15) is 4.79 Å². The molecule has 1 N–H and O–H groups in total. The van der Waals surface area contributed by atoms with E-state index in [1.165, 1.54) is 0 Å². The molecule has 0 spiro atoms. The summed E-state index contributed by atoms with van der Waals surface area (Å²) in [6, 6.07) is 9.35. The standard InChI is InChI=1S/C16H22N2O3/c1-12(18-11-15(19)21-16(2,3)4)13-5-7-14(8-6-13)20-10-9-17/h5-8,12,18H,10-11H2,1-4H3. The lowest BCUT2D eigenvalue weighted by molar-refractivity contribution is -0.153. The molecule has 0 heterocycles. The zero-order chi connectivity index (χ0) is 15.9. The third-order valence-corrected chi connectivity index (χ3v) is 2.66. The highest BCUT2D eigenvalue weighted by molar-refractivity contribution is 5.72. The maximum absolute atomic E-state index is 11.6. The third kappa shape index (κ3) is 6.77. The second-order valence-corrected chi connectivity index (χ2v) is 5.70. The van der Waals surface area contributed by atoms with E-state index >= 15 is 0 Å². The maximum atomic E-state index is 11.6. The first kappa shape index (κ1) is 17.0. The Morgan fingerprint density at radius 3 is 2.48 bits per heavy atom. The molecule has 0 aromatic heterocycles. The molecule has 5 nitrogen and oxygen atoms in total. The molecule has 0 saturated carbocycles. The lowest BCUT2D eigenvalue weighted by atomic mass is 10.1. The van der Waals surface area contributed by atoms with Gasteiger partial charge in [0.1, 0.15) is 17.4 Å². The van der Waals surface area contributed by atoms with Crippen molar-refractivity contribution in [1.29, 1.82) is 5.26 Å². The molecule has 1 atom stereocenters. The zero-order valence-electron chi connectivity index (χ0n) is 13.0. The molecular weight excluding hydrogens is 268 g/mol. The molecule has 0 bridgehead atoms. The summed E-state index contributed by atoms with van der Waals surface area (Å²) < 4.78 is 10.4. The van der Waals surface area contributed by atoms with Gasteiger partial charge in [-0.15, -0.1) is 0 Å². The number of nitriles is 1. The first-order chi connectivity index (χ1) is 9.81. The molecule has 0 radical (unpaired) electrons. The van der Waals surface area contributed by atoms with Gasteiger partial charge in [0.05, 0.1) is 6.54 Å². The highest BCUT2D eigenvalue weighted by Crippen LogP contribution is 2.17. The van der Waals surface area contributed by atoms with Gasteiger partial charge in [0.25, 0.3) is 0 Å². The van der Waals surface area contributed by atoms with Gasteiger partial charge in [0, 0.05) is 6.04 Å². The van der Waals surface area contributed by atoms with E-state index in [-0.39, 0.29) is 25.2 Å². The molecule has 0 aliphatic rings. The molecule has 1 unspecified atom stereocenters. The molecule has 21 heavy (non-hydrogen) atoms. The zero-order valence-corrected chi connectivity index (χ0v) is 13.0. The van der Waals surface area contributed by atoms with Crippen LogP contribution in [0.15, 0.2) is 24.3 Å². The van der Waals surface area contributed by atoms with E-state index in [1.54, 1.807) is 12.1 Å². The maximum Gasteiger partial charge on any atom is 0.320 e. The van der Waals surface area contributed by atoms with Crippen molar-refractivity contribution in [2.24, 2.45) is 0 Å². The van der Waals surface area contributed by atoms with Gasteiger partial charge in [-0.1, -0.05) is 12.1 Å². The van der Waals surface area contributed by atoms with Crippen molar-refractivity contribution in [3.63, 3.8) is 0 Å². The van der Waals surface area contributed by atoms with Crippen LogP contribution in [0.3, 0.4) is 0 Å². The summed E-state index contributed by atoms with van der Waals surface area (Å²) in [5.74, 6) is 0.378. The minimum absolute atomic E-state index is 0.0162. The van der Waals surface area contributed by atoms with Crippen LogP contribution in [0.25, 0.3) is 0 Å². The molecule has 0 aliphatic heterocycles. The second-order valence-electron chi connectivity index (χ2n) is 5.70. The molecule has 1 aromatic rings. The number of ether oxygens (including phenoxy) is 2. The largest absolute Gasteiger partial charge is 0.479 e. The van der Waals surface area contributed by atoms with Crippen LogP contribution in [0.5, 0.6) is 5.75 Å². The number of hydrogen-bond acceptors (Lipinski definition) is 5. The number of esters is 1. The predicted octanol–water partition coefficient (Wildman–Crippen LogP) is 2.58. The molecule has 0 saturated heterocycles. The Labute approximate surface area is 125 Å². The van der Waals surface area contributed by atoms with Crippen LogP contribution in [-0.4, -0.2) is 24.7 Å². The van der Waals surface area contributed by atoms with Gasteiger partial charge in [-0.2, -0.15) is 5.26 Å². The van der Waals surface area contributed by atoms with Crippen molar-refractivity contribution in [3.8, 4) is 11.8 Å². The quantitative estimate of drug-likeness (QED) is 0.815. The van der Waals surface area contributed by atoms with Gasteiger partial charge in [-0.3, -0.25) is 4.79 Å². The third-order valence-electron chi connectivity index (χ3n) is 2.66. The summed E-state index contributed by atoms with van der Waals surface area (Å²) in [5, 5.41) is 11.6. The second kappa shape index (κ2) is 7.65. The predicted molar refractivity (Wildman–Crippen MR) is 79.8 cm³/mol. The topological polar surface area (TPSA) is 71.3 Å². The van der Waals surface area contributed by atoms with E-state index in [2.05, 4.69) is 5.32 Å². The molecule has 1 aromatic carbocycles. The number of nitrogens with one attached hydrogen (secondary N) is 1. The fourth-order valence-corrected chi connectivity index (χ4v) is 1.70. The van der Waals surface area contributed by atoms with Gasteiger partial charge < -0.3 is 14.8 Å². The Hall–Kier alpha value is -2.06. The lowest BCUT2D eigenvalue weighted by Gasteiger charge is -2.21. The Kier molecular flexibility index (Phi) is 6.19. The van der Waals surface area contributed by atoms with Crippen molar-refractivity contribution in [2.45, 2.75) is 39.3 Å². The Morgan fingerprint density at radius 1 is 1.33 bits per heavy atom. The molecule has 1 rings (SSSR count). The van der Waals surface area contributed by atoms with E-state index in [0.717, 1.165) is 5.56 Å². The van der Waals surface area contributed by atoms with Crippen LogP contribution < -0.4 is 10.1 Å². The summed E-state index contributed by atoms with van der Waals surface area (Å²) in [6.45, 7) is 7.68. The van der Waals surface area contributed by atoms with Crippen molar-refractivity contribution < 1.29 is 14.3 Å². The minimum Gasteiger partial charge on any atom is -0.479 e. The van der Waals surface area contributed by atoms with Gasteiger partial charge >= 0.3 is 5.97 Å². The van der Waals surface area contributed by atoms with Crippen molar-refractivity contribution >= 4 is 5.97 Å². The van der Waals surface area contributed by atoms with Crippen LogP contribution >= 0.6 is 0 Å².